The van der Waals surface area contributed by atoms with E-state index in [2.05, 4.69) is 10.6 Å². The van der Waals surface area contributed by atoms with Crippen LogP contribution in [0.4, 0.5) is 9.18 Å². The van der Waals surface area contributed by atoms with Gasteiger partial charge in [0.25, 0.3) is 0 Å². The first kappa shape index (κ1) is 16.1. The van der Waals surface area contributed by atoms with Gasteiger partial charge in [0.05, 0.1) is 0 Å². The Bertz CT molecular complexity index is 719. The molecule has 24 heavy (non-hydrogen) atoms. The van der Waals surface area contributed by atoms with Gasteiger partial charge in [0, 0.05) is 13.1 Å². The summed E-state index contributed by atoms with van der Waals surface area (Å²) in [4.78, 5) is 11.7. The molecule has 3 rings (SSSR count). The summed E-state index contributed by atoms with van der Waals surface area (Å²) in [6, 6.07) is 11.7. The molecule has 2 aromatic carbocycles. The van der Waals surface area contributed by atoms with Crippen LogP contribution in [0.5, 0.6) is 11.5 Å². The van der Waals surface area contributed by atoms with Crippen LogP contribution in [0.1, 0.15) is 11.1 Å². The van der Waals surface area contributed by atoms with E-state index in [4.69, 9.17) is 9.47 Å². The summed E-state index contributed by atoms with van der Waals surface area (Å²) in [6.45, 7) is 0.230. The van der Waals surface area contributed by atoms with Gasteiger partial charge in [-0.05, 0) is 48.2 Å². The fourth-order valence-electron chi connectivity index (χ4n) is 2.69. The van der Waals surface area contributed by atoms with Crippen LogP contribution in [0.15, 0.2) is 42.5 Å². The minimum absolute atomic E-state index is 0.129. The largest absolute Gasteiger partial charge is 0.454 e. The number of ether oxygens (including phenoxy) is 2. The maximum atomic E-state index is 13.1. The minimum Gasteiger partial charge on any atom is -0.454 e. The smallest absolute Gasteiger partial charge is 0.314 e. The number of benzene rings is 2. The van der Waals surface area contributed by atoms with Crippen LogP contribution in [0.25, 0.3) is 0 Å². The molecule has 1 aliphatic rings. The highest BCUT2D eigenvalue weighted by atomic mass is 19.1. The molecule has 0 bridgehead atoms. The van der Waals surface area contributed by atoms with Gasteiger partial charge >= 0.3 is 6.03 Å². The topological polar surface area (TPSA) is 59.6 Å². The molecule has 1 aliphatic heterocycles. The van der Waals surface area contributed by atoms with Crippen LogP contribution in [0.3, 0.4) is 0 Å². The van der Waals surface area contributed by atoms with E-state index in [1.807, 2.05) is 18.2 Å². The lowest BCUT2D eigenvalue weighted by molar-refractivity contribution is 0.174. The Morgan fingerprint density at radius 3 is 2.50 bits per heavy atom. The normalized spacial score (nSPS) is 13.4. The molecule has 0 aromatic heterocycles. The van der Waals surface area contributed by atoms with Crippen LogP contribution < -0.4 is 20.1 Å². The predicted molar refractivity (Wildman–Crippen MR) is 87.8 cm³/mol. The van der Waals surface area contributed by atoms with Crippen LogP contribution in [-0.4, -0.2) is 25.9 Å². The van der Waals surface area contributed by atoms with E-state index in [1.165, 1.54) is 12.1 Å². The Morgan fingerprint density at radius 1 is 1.08 bits per heavy atom. The zero-order chi connectivity index (χ0) is 16.9. The fraction of sp³-hybridized carbons (Fsp3) is 0.278. The maximum Gasteiger partial charge on any atom is 0.314 e. The molecule has 0 radical (unpaired) electrons. The molecule has 1 heterocycles. The van der Waals surface area contributed by atoms with Crippen molar-refractivity contribution in [3.8, 4) is 11.5 Å². The zero-order valence-electron chi connectivity index (χ0n) is 13.3. The molecule has 2 N–H and O–H groups in total. The summed E-state index contributed by atoms with van der Waals surface area (Å²) in [6.07, 6.45) is 1.23. The highest BCUT2D eigenvalue weighted by molar-refractivity contribution is 5.73. The first-order chi connectivity index (χ1) is 11.6. The molecular weight excluding hydrogens is 311 g/mol. The van der Waals surface area contributed by atoms with Crippen LogP contribution >= 0.6 is 0 Å². The molecule has 2 aromatic rings. The first-order valence-corrected chi connectivity index (χ1v) is 7.75. The van der Waals surface area contributed by atoms with E-state index in [0.29, 0.717) is 18.6 Å². The quantitative estimate of drug-likeness (QED) is 0.886. The number of halogens is 1. The average molecular weight is 330 g/mol. The molecule has 1 atom stereocenters. The SMILES string of the molecule is CNC(=O)N[C@H](Cc1ccc(F)cc1)Cc1ccc2c(c1)OCO2. The standard InChI is InChI=1S/C18H19FN2O3/c1-20-18(22)21-15(8-12-2-5-14(19)6-3-12)9-13-4-7-16-17(10-13)24-11-23-16/h2-7,10,15H,8-9,11H2,1H3,(H2,20,21,22)/t15-/m1/s1. The lowest BCUT2D eigenvalue weighted by Crippen LogP contribution is -2.42. The van der Waals surface area contributed by atoms with Crippen molar-refractivity contribution in [1.29, 1.82) is 0 Å². The third kappa shape index (κ3) is 3.95. The highest BCUT2D eigenvalue weighted by Gasteiger charge is 2.17. The van der Waals surface area contributed by atoms with Crippen molar-refractivity contribution in [3.05, 3.63) is 59.4 Å². The second-order valence-corrected chi connectivity index (χ2v) is 5.64. The lowest BCUT2D eigenvalue weighted by Gasteiger charge is -2.19. The van der Waals surface area contributed by atoms with E-state index in [9.17, 15) is 9.18 Å². The number of hydrogen-bond donors (Lipinski definition) is 2. The predicted octanol–water partition coefficient (Wildman–Crippen LogP) is 2.64. The van der Waals surface area contributed by atoms with Crippen LogP contribution in [-0.2, 0) is 12.8 Å². The molecule has 0 spiro atoms. The summed E-state index contributed by atoms with van der Waals surface area (Å²) < 4.78 is 23.8. The number of urea groups is 1. The van der Waals surface area contributed by atoms with Gasteiger partial charge in [0.15, 0.2) is 11.5 Å². The van der Waals surface area contributed by atoms with Gasteiger partial charge in [0.2, 0.25) is 6.79 Å². The van der Waals surface area contributed by atoms with Crippen molar-refractivity contribution in [3.63, 3.8) is 0 Å². The Hall–Kier alpha value is -2.76. The molecule has 0 aliphatic carbocycles. The van der Waals surface area contributed by atoms with Gasteiger partial charge in [-0.25, -0.2) is 9.18 Å². The number of hydrogen-bond acceptors (Lipinski definition) is 3. The van der Waals surface area contributed by atoms with Gasteiger partial charge in [-0.2, -0.15) is 0 Å². The molecule has 2 amide bonds. The maximum absolute atomic E-state index is 13.1. The van der Waals surface area contributed by atoms with Gasteiger partial charge in [-0.1, -0.05) is 18.2 Å². The molecular formula is C18H19FN2O3. The van der Waals surface area contributed by atoms with Crippen molar-refractivity contribution in [2.75, 3.05) is 13.8 Å². The van der Waals surface area contributed by atoms with Crippen LogP contribution in [0.2, 0.25) is 0 Å². The molecule has 0 unspecified atom stereocenters. The minimum atomic E-state index is -0.273. The molecule has 5 nitrogen and oxygen atoms in total. The number of amides is 2. The second kappa shape index (κ2) is 7.21. The van der Waals surface area contributed by atoms with E-state index in [1.54, 1.807) is 19.2 Å². The number of rotatable bonds is 5. The monoisotopic (exact) mass is 330 g/mol. The fourth-order valence-corrected chi connectivity index (χ4v) is 2.69. The highest BCUT2D eigenvalue weighted by Crippen LogP contribution is 2.32. The first-order valence-electron chi connectivity index (χ1n) is 7.75. The summed E-state index contributed by atoms with van der Waals surface area (Å²) in [5, 5.41) is 5.49. The summed E-state index contributed by atoms with van der Waals surface area (Å²) in [5.74, 6) is 1.17. The Kier molecular flexibility index (Phi) is 4.84. The van der Waals surface area contributed by atoms with Gasteiger partial charge in [0.1, 0.15) is 5.82 Å². The molecule has 0 saturated heterocycles. The average Bonchev–Trinajstić information content (AvgIpc) is 3.04. The molecule has 6 heteroatoms. The molecule has 0 fully saturated rings. The van der Waals surface area contributed by atoms with Crippen molar-refractivity contribution in [2.24, 2.45) is 0 Å². The van der Waals surface area contributed by atoms with E-state index >= 15 is 0 Å². The summed E-state index contributed by atoms with van der Waals surface area (Å²) in [5.41, 5.74) is 1.99. The van der Waals surface area contributed by atoms with E-state index in [-0.39, 0.29) is 24.7 Å². The lowest BCUT2D eigenvalue weighted by atomic mass is 9.98. The van der Waals surface area contributed by atoms with Crippen molar-refractivity contribution in [2.45, 2.75) is 18.9 Å². The Morgan fingerprint density at radius 2 is 1.75 bits per heavy atom. The third-order valence-electron chi connectivity index (χ3n) is 3.88. The van der Waals surface area contributed by atoms with Gasteiger partial charge in [-0.3, -0.25) is 0 Å². The van der Waals surface area contributed by atoms with Crippen molar-refractivity contribution < 1.29 is 18.7 Å². The van der Waals surface area contributed by atoms with Gasteiger partial charge < -0.3 is 20.1 Å². The van der Waals surface area contributed by atoms with E-state index in [0.717, 1.165) is 16.9 Å². The summed E-state index contributed by atoms with van der Waals surface area (Å²) in [7, 11) is 1.57. The number of carbonyl (C=O) groups is 1. The van der Waals surface area contributed by atoms with Crippen molar-refractivity contribution in [1.82, 2.24) is 10.6 Å². The van der Waals surface area contributed by atoms with Gasteiger partial charge in [-0.15, -0.1) is 0 Å². The number of fused-ring (bicyclic) bond motifs is 1. The third-order valence-corrected chi connectivity index (χ3v) is 3.88. The number of carbonyl (C=O) groups excluding carboxylic acids is 1. The molecule has 0 saturated carbocycles. The summed E-state index contributed by atoms with van der Waals surface area (Å²) >= 11 is 0. The zero-order valence-corrected chi connectivity index (χ0v) is 13.3. The Balaban J connectivity index is 1.74. The molecule has 126 valence electrons. The second-order valence-electron chi connectivity index (χ2n) is 5.64. The van der Waals surface area contributed by atoms with Crippen LogP contribution in [0, 0.1) is 5.82 Å². The number of nitrogens with one attached hydrogen (secondary N) is 2. The van der Waals surface area contributed by atoms with Crippen molar-refractivity contribution >= 4 is 6.03 Å². The Labute approximate surface area is 139 Å². The van der Waals surface area contributed by atoms with E-state index < -0.39 is 0 Å².